The van der Waals surface area contributed by atoms with Crippen molar-refractivity contribution >= 4 is 11.7 Å². The first kappa shape index (κ1) is 14.5. The number of nitrogens with zero attached hydrogens (tertiary/aromatic N) is 1. The Bertz CT molecular complexity index is 417. The molecule has 0 heterocycles. The second kappa shape index (κ2) is 6.15. The van der Waals surface area contributed by atoms with Gasteiger partial charge in [-0.1, -0.05) is 0 Å². The standard InChI is InChI=1S/C10H11NO4.Fe/c1-6(11-5-10(14)15)8-3-2-7(12)4-9(8)13;/h2-4,12-13H,5H2,1H3,(H,14,15);. The Morgan fingerprint density at radius 3 is 2.50 bits per heavy atom. The molecule has 88 valence electrons. The minimum absolute atomic E-state index is 0. The first-order valence-corrected chi connectivity index (χ1v) is 4.26. The fraction of sp³-hybridized carbons (Fsp3) is 0.200. The molecule has 0 aromatic heterocycles. The van der Waals surface area contributed by atoms with Gasteiger partial charge in [-0.3, -0.25) is 9.79 Å². The SMILES string of the molecule is CC(=NCC(=O)O)c1ccc(O)cc1O.[Fe]. The van der Waals surface area contributed by atoms with Crippen molar-refractivity contribution in [1.29, 1.82) is 0 Å². The van der Waals surface area contributed by atoms with Crippen molar-refractivity contribution in [2.45, 2.75) is 6.92 Å². The van der Waals surface area contributed by atoms with Crippen LogP contribution in [0.3, 0.4) is 0 Å². The van der Waals surface area contributed by atoms with E-state index in [0.29, 0.717) is 11.3 Å². The quantitative estimate of drug-likeness (QED) is 0.561. The number of aliphatic carboxylic acids is 1. The van der Waals surface area contributed by atoms with E-state index in [1.807, 2.05) is 0 Å². The van der Waals surface area contributed by atoms with Gasteiger partial charge in [0.15, 0.2) is 0 Å². The van der Waals surface area contributed by atoms with Gasteiger partial charge in [0.2, 0.25) is 0 Å². The molecule has 0 amide bonds. The van der Waals surface area contributed by atoms with Crippen molar-refractivity contribution in [2.75, 3.05) is 6.54 Å². The van der Waals surface area contributed by atoms with Crippen molar-refractivity contribution in [3.8, 4) is 11.5 Å². The number of hydrogen-bond donors (Lipinski definition) is 3. The Kier molecular flexibility index (Phi) is 5.56. The first-order chi connectivity index (χ1) is 7.00. The van der Waals surface area contributed by atoms with Crippen LogP contribution in [0.4, 0.5) is 0 Å². The van der Waals surface area contributed by atoms with Crippen molar-refractivity contribution in [3.63, 3.8) is 0 Å². The molecule has 5 nitrogen and oxygen atoms in total. The molecule has 0 saturated carbocycles. The molecule has 0 aliphatic rings. The van der Waals surface area contributed by atoms with Crippen LogP contribution in [0.5, 0.6) is 11.5 Å². The fourth-order valence-electron chi connectivity index (χ4n) is 1.10. The number of rotatable bonds is 3. The number of aliphatic imine (C=N–C) groups is 1. The molecule has 0 atom stereocenters. The van der Waals surface area contributed by atoms with Crippen molar-refractivity contribution < 1.29 is 37.2 Å². The molecule has 1 aromatic rings. The Morgan fingerprint density at radius 1 is 1.38 bits per heavy atom. The van der Waals surface area contributed by atoms with Crippen LogP contribution in [0, 0.1) is 0 Å². The number of benzene rings is 1. The zero-order valence-electron chi connectivity index (χ0n) is 8.49. The smallest absolute Gasteiger partial charge is 0.325 e. The summed E-state index contributed by atoms with van der Waals surface area (Å²) in [4.78, 5) is 14.0. The summed E-state index contributed by atoms with van der Waals surface area (Å²) < 4.78 is 0. The Balaban J connectivity index is 0.00000225. The minimum atomic E-state index is -1.03. The molecular weight excluding hydrogens is 254 g/mol. The first-order valence-electron chi connectivity index (χ1n) is 4.26. The molecule has 0 saturated heterocycles. The van der Waals surface area contributed by atoms with E-state index in [9.17, 15) is 9.90 Å². The molecule has 0 radical (unpaired) electrons. The maximum absolute atomic E-state index is 10.3. The van der Waals surface area contributed by atoms with Crippen LogP contribution in [-0.4, -0.2) is 33.5 Å². The number of carboxylic acids is 1. The predicted octanol–water partition coefficient (Wildman–Crippen LogP) is 0.989. The fourth-order valence-corrected chi connectivity index (χ4v) is 1.10. The molecule has 1 aromatic carbocycles. The Labute approximate surface area is 103 Å². The number of phenols is 2. The van der Waals surface area contributed by atoms with Crippen LogP contribution >= 0.6 is 0 Å². The van der Waals surface area contributed by atoms with Gasteiger partial charge in [-0.2, -0.15) is 0 Å². The molecule has 0 fully saturated rings. The molecule has 0 unspecified atom stereocenters. The normalized spacial score (nSPS) is 10.7. The van der Waals surface area contributed by atoms with Gasteiger partial charge in [-0.05, 0) is 19.1 Å². The molecule has 0 bridgehead atoms. The van der Waals surface area contributed by atoms with Crippen molar-refractivity contribution in [3.05, 3.63) is 23.8 Å². The van der Waals surface area contributed by atoms with Crippen molar-refractivity contribution in [2.24, 2.45) is 4.99 Å². The van der Waals surface area contributed by atoms with Crippen LogP contribution < -0.4 is 0 Å². The van der Waals surface area contributed by atoms with Crippen LogP contribution in [0.25, 0.3) is 0 Å². The average Bonchev–Trinajstić information content (AvgIpc) is 2.14. The topological polar surface area (TPSA) is 90.1 Å². The van der Waals surface area contributed by atoms with Crippen LogP contribution in [0.15, 0.2) is 23.2 Å². The summed E-state index contributed by atoms with van der Waals surface area (Å²) in [5.74, 6) is -1.21. The molecule has 0 spiro atoms. The van der Waals surface area contributed by atoms with Gasteiger partial charge in [-0.25, -0.2) is 0 Å². The molecule has 16 heavy (non-hydrogen) atoms. The van der Waals surface area contributed by atoms with Gasteiger partial charge in [0.05, 0.1) is 0 Å². The predicted molar refractivity (Wildman–Crippen MR) is 54.5 cm³/mol. The number of hydrogen-bond acceptors (Lipinski definition) is 4. The Hall–Kier alpha value is -1.52. The van der Waals surface area contributed by atoms with E-state index >= 15 is 0 Å². The number of phenolic OH excluding ortho intramolecular Hbond substituents is 2. The Morgan fingerprint density at radius 2 is 2.00 bits per heavy atom. The van der Waals surface area contributed by atoms with Crippen LogP contribution in [-0.2, 0) is 21.9 Å². The summed E-state index contributed by atoms with van der Waals surface area (Å²) in [5, 5.41) is 26.9. The van der Waals surface area contributed by atoms with E-state index in [4.69, 9.17) is 10.2 Å². The van der Waals surface area contributed by atoms with Crippen LogP contribution in [0.2, 0.25) is 0 Å². The minimum Gasteiger partial charge on any atom is -0.508 e. The largest absolute Gasteiger partial charge is 0.508 e. The number of carbonyl (C=O) groups is 1. The molecule has 1 rings (SSSR count). The summed E-state index contributed by atoms with van der Waals surface area (Å²) in [5.41, 5.74) is 0.823. The molecular formula is C10H11FeNO4. The van der Waals surface area contributed by atoms with Crippen LogP contribution in [0.1, 0.15) is 12.5 Å². The average molecular weight is 265 g/mol. The maximum Gasteiger partial charge on any atom is 0.325 e. The maximum atomic E-state index is 10.3. The summed E-state index contributed by atoms with van der Waals surface area (Å²) in [6.45, 7) is 1.25. The molecule has 3 N–H and O–H groups in total. The van der Waals surface area contributed by atoms with Gasteiger partial charge in [0.25, 0.3) is 0 Å². The summed E-state index contributed by atoms with van der Waals surface area (Å²) in [6.07, 6.45) is 0. The van der Waals surface area contributed by atoms with E-state index in [1.54, 1.807) is 6.92 Å². The van der Waals surface area contributed by atoms with Gasteiger partial charge < -0.3 is 15.3 Å². The van der Waals surface area contributed by atoms with Gasteiger partial charge in [0, 0.05) is 34.4 Å². The van der Waals surface area contributed by atoms with E-state index < -0.39 is 5.97 Å². The van der Waals surface area contributed by atoms with Gasteiger partial charge in [-0.15, -0.1) is 0 Å². The molecule has 0 aliphatic carbocycles. The summed E-state index contributed by atoms with van der Waals surface area (Å²) >= 11 is 0. The van der Waals surface area contributed by atoms with E-state index in [-0.39, 0.29) is 35.1 Å². The van der Waals surface area contributed by atoms with Crippen molar-refractivity contribution in [1.82, 2.24) is 0 Å². The third kappa shape index (κ3) is 3.92. The summed E-state index contributed by atoms with van der Waals surface area (Å²) in [7, 11) is 0. The second-order valence-corrected chi connectivity index (χ2v) is 3.00. The van der Waals surface area contributed by atoms with E-state index in [1.165, 1.54) is 18.2 Å². The summed E-state index contributed by atoms with van der Waals surface area (Å²) in [6, 6.07) is 4.05. The molecule has 6 heteroatoms. The number of aromatic hydroxyl groups is 2. The molecule has 0 aliphatic heterocycles. The van der Waals surface area contributed by atoms with Gasteiger partial charge in [0.1, 0.15) is 18.0 Å². The monoisotopic (exact) mass is 265 g/mol. The third-order valence-corrected chi connectivity index (χ3v) is 1.82. The zero-order valence-corrected chi connectivity index (χ0v) is 9.59. The second-order valence-electron chi connectivity index (χ2n) is 3.00. The zero-order chi connectivity index (χ0) is 11.4. The van der Waals surface area contributed by atoms with E-state index in [2.05, 4.69) is 4.99 Å². The van der Waals surface area contributed by atoms with E-state index in [0.717, 1.165) is 0 Å². The third-order valence-electron chi connectivity index (χ3n) is 1.82. The number of carboxylic acid groups (broad SMARTS) is 1. The van der Waals surface area contributed by atoms with Gasteiger partial charge >= 0.3 is 5.97 Å².